The highest BCUT2D eigenvalue weighted by Crippen LogP contribution is 2.22. The summed E-state index contributed by atoms with van der Waals surface area (Å²) in [6.07, 6.45) is 1.56. The van der Waals surface area contributed by atoms with Gasteiger partial charge in [-0.15, -0.1) is 0 Å². The van der Waals surface area contributed by atoms with Crippen molar-refractivity contribution in [3.8, 4) is 11.5 Å². The van der Waals surface area contributed by atoms with Gasteiger partial charge >= 0.3 is 0 Å². The summed E-state index contributed by atoms with van der Waals surface area (Å²) in [4.78, 5) is 17.7. The Kier molecular flexibility index (Phi) is 2.38. The maximum Gasteiger partial charge on any atom is 0.259 e. The van der Waals surface area contributed by atoms with Gasteiger partial charge in [0.2, 0.25) is 5.56 Å². The predicted octanol–water partition coefficient (Wildman–Crippen LogP) is 1.72. The fourth-order valence-electron chi connectivity index (χ4n) is 1.19. The Morgan fingerprint density at radius 3 is 2.56 bits per heavy atom. The molecule has 2 aromatic heterocycles. The number of nitrogens with zero attached hydrogens (tertiary/aromatic N) is 2. The van der Waals surface area contributed by atoms with Crippen molar-refractivity contribution in [2.45, 2.75) is 26.2 Å². The summed E-state index contributed by atoms with van der Waals surface area (Å²) in [6.45, 7) is 6.03. The SMILES string of the molecule is CC(C)(C)c1noc(-c2ccc(=O)[nH]c2)n1. The van der Waals surface area contributed by atoms with Gasteiger partial charge in [-0.05, 0) is 6.07 Å². The lowest BCUT2D eigenvalue weighted by atomic mass is 9.96. The lowest BCUT2D eigenvalue weighted by molar-refractivity contribution is 0.402. The van der Waals surface area contributed by atoms with Crippen molar-refractivity contribution in [2.75, 3.05) is 0 Å². The van der Waals surface area contributed by atoms with Crippen LogP contribution in [0.15, 0.2) is 27.6 Å². The first-order valence-electron chi connectivity index (χ1n) is 5.00. The first kappa shape index (κ1) is 10.6. The summed E-state index contributed by atoms with van der Waals surface area (Å²) >= 11 is 0. The Hall–Kier alpha value is -1.91. The minimum absolute atomic E-state index is 0.149. The van der Waals surface area contributed by atoms with Gasteiger partial charge in [-0.2, -0.15) is 4.98 Å². The van der Waals surface area contributed by atoms with Crippen LogP contribution in [0.25, 0.3) is 11.5 Å². The van der Waals surface area contributed by atoms with Crippen LogP contribution in [0.4, 0.5) is 0 Å². The van der Waals surface area contributed by atoms with Crippen LogP contribution in [0.1, 0.15) is 26.6 Å². The zero-order valence-electron chi connectivity index (χ0n) is 9.44. The summed E-state index contributed by atoms with van der Waals surface area (Å²) in [5.74, 6) is 1.06. The van der Waals surface area contributed by atoms with Gasteiger partial charge < -0.3 is 9.51 Å². The third-order valence-electron chi connectivity index (χ3n) is 2.13. The monoisotopic (exact) mass is 219 g/mol. The highest BCUT2D eigenvalue weighted by Gasteiger charge is 2.21. The number of hydrogen-bond acceptors (Lipinski definition) is 4. The van der Waals surface area contributed by atoms with E-state index in [-0.39, 0.29) is 11.0 Å². The number of nitrogens with one attached hydrogen (secondary N) is 1. The molecule has 0 radical (unpaired) electrons. The second-order valence-corrected chi connectivity index (χ2v) is 4.61. The molecule has 0 saturated carbocycles. The summed E-state index contributed by atoms with van der Waals surface area (Å²) in [5.41, 5.74) is 0.408. The molecule has 1 N–H and O–H groups in total. The normalized spacial score (nSPS) is 11.7. The molecule has 0 saturated heterocycles. The van der Waals surface area contributed by atoms with E-state index < -0.39 is 0 Å². The second-order valence-electron chi connectivity index (χ2n) is 4.61. The van der Waals surface area contributed by atoms with Crippen LogP contribution in [0, 0.1) is 0 Å². The highest BCUT2D eigenvalue weighted by atomic mass is 16.5. The first-order valence-corrected chi connectivity index (χ1v) is 5.00. The quantitative estimate of drug-likeness (QED) is 0.792. The average Bonchev–Trinajstić information content (AvgIpc) is 2.67. The lowest BCUT2D eigenvalue weighted by Gasteiger charge is -2.10. The van der Waals surface area contributed by atoms with E-state index in [0.29, 0.717) is 17.3 Å². The largest absolute Gasteiger partial charge is 0.334 e. The molecule has 0 atom stereocenters. The van der Waals surface area contributed by atoms with Crippen molar-refractivity contribution in [1.82, 2.24) is 15.1 Å². The van der Waals surface area contributed by atoms with Crippen molar-refractivity contribution in [3.63, 3.8) is 0 Å². The Bertz CT molecular complexity index is 528. The molecule has 2 rings (SSSR count). The van der Waals surface area contributed by atoms with Gasteiger partial charge in [0, 0.05) is 17.7 Å². The fourth-order valence-corrected chi connectivity index (χ4v) is 1.19. The molecule has 2 aromatic rings. The van der Waals surface area contributed by atoms with E-state index in [2.05, 4.69) is 15.1 Å². The number of rotatable bonds is 1. The maximum atomic E-state index is 10.9. The molecule has 0 aliphatic heterocycles. The van der Waals surface area contributed by atoms with Crippen molar-refractivity contribution < 1.29 is 4.52 Å². The third kappa shape index (κ3) is 2.03. The van der Waals surface area contributed by atoms with Crippen LogP contribution in [0.5, 0.6) is 0 Å². The smallest absolute Gasteiger partial charge is 0.259 e. The summed E-state index contributed by atoms with van der Waals surface area (Å²) < 4.78 is 5.13. The van der Waals surface area contributed by atoms with E-state index in [0.717, 1.165) is 0 Å². The second kappa shape index (κ2) is 3.59. The number of aromatic amines is 1. The van der Waals surface area contributed by atoms with Crippen molar-refractivity contribution in [3.05, 3.63) is 34.5 Å². The van der Waals surface area contributed by atoms with E-state index in [1.54, 1.807) is 12.3 Å². The van der Waals surface area contributed by atoms with Crippen molar-refractivity contribution >= 4 is 0 Å². The van der Waals surface area contributed by atoms with Gasteiger partial charge in [0.15, 0.2) is 5.82 Å². The Morgan fingerprint density at radius 2 is 2.06 bits per heavy atom. The van der Waals surface area contributed by atoms with Crippen LogP contribution in [0.3, 0.4) is 0 Å². The number of aromatic nitrogens is 3. The highest BCUT2D eigenvalue weighted by molar-refractivity contribution is 5.50. The lowest BCUT2D eigenvalue weighted by Crippen LogP contribution is -2.13. The molecule has 0 aliphatic rings. The summed E-state index contributed by atoms with van der Waals surface area (Å²) in [6, 6.07) is 3.08. The topological polar surface area (TPSA) is 71.8 Å². The van der Waals surface area contributed by atoms with E-state index in [9.17, 15) is 4.79 Å². The third-order valence-corrected chi connectivity index (χ3v) is 2.13. The van der Waals surface area contributed by atoms with Gasteiger partial charge in [-0.1, -0.05) is 25.9 Å². The molecule has 2 heterocycles. The van der Waals surface area contributed by atoms with E-state index in [4.69, 9.17) is 4.52 Å². The Labute approximate surface area is 92.5 Å². The minimum atomic E-state index is -0.153. The molecular formula is C11H13N3O2. The number of H-pyrrole nitrogens is 1. The Balaban J connectivity index is 2.39. The standard InChI is InChI=1S/C11H13N3O2/c1-11(2,3)10-13-9(16-14-10)7-4-5-8(15)12-6-7/h4-6H,1-3H3,(H,12,15). The molecule has 5 nitrogen and oxygen atoms in total. The molecular weight excluding hydrogens is 206 g/mol. The molecule has 84 valence electrons. The van der Waals surface area contributed by atoms with Crippen LogP contribution in [-0.2, 0) is 5.41 Å². The van der Waals surface area contributed by atoms with Gasteiger partial charge in [0.25, 0.3) is 5.89 Å². The van der Waals surface area contributed by atoms with Crippen LogP contribution in [-0.4, -0.2) is 15.1 Å². The number of pyridine rings is 1. The molecule has 5 heteroatoms. The maximum absolute atomic E-state index is 10.9. The van der Waals surface area contributed by atoms with E-state index >= 15 is 0 Å². The van der Waals surface area contributed by atoms with Crippen molar-refractivity contribution in [1.29, 1.82) is 0 Å². The average molecular weight is 219 g/mol. The zero-order valence-corrected chi connectivity index (χ0v) is 9.44. The zero-order chi connectivity index (χ0) is 11.8. The Morgan fingerprint density at radius 1 is 1.31 bits per heavy atom. The molecule has 0 fully saturated rings. The van der Waals surface area contributed by atoms with E-state index in [1.165, 1.54) is 6.07 Å². The van der Waals surface area contributed by atoms with Crippen LogP contribution < -0.4 is 5.56 Å². The molecule has 0 aliphatic carbocycles. The molecule has 0 spiro atoms. The molecule has 16 heavy (non-hydrogen) atoms. The molecule has 0 amide bonds. The van der Waals surface area contributed by atoms with Crippen LogP contribution >= 0.6 is 0 Å². The molecule has 0 unspecified atom stereocenters. The van der Waals surface area contributed by atoms with Gasteiger partial charge in [-0.3, -0.25) is 4.79 Å². The van der Waals surface area contributed by atoms with Gasteiger partial charge in [-0.25, -0.2) is 0 Å². The van der Waals surface area contributed by atoms with Gasteiger partial charge in [0.05, 0.1) is 5.56 Å². The first-order chi connectivity index (χ1) is 7.47. The van der Waals surface area contributed by atoms with E-state index in [1.807, 2.05) is 20.8 Å². The van der Waals surface area contributed by atoms with Crippen LogP contribution in [0.2, 0.25) is 0 Å². The molecule has 0 bridgehead atoms. The minimum Gasteiger partial charge on any atom is -0.334 e. The van der Waals surface area contributed by atoms with Crippen molar-refractivity contribution in [2.24, 2.45) is 0 Å². The molecule has 0 aromatic carbocycles. The predicted molar refractivity (Wildman–Crippen MR) is 59.1 cm³/mol. The fraction of sp³-hybridized carbons (Fsp3) is 0.364. The van der Waals surface area contributed by atoms with Gasteiger partial charge in [0.1, 0.15) is 0 Å². The summed E-state index contributed by atoms with van der Waals surface area (Å²) in [5, 5.41) is 3.91. The summed E-state index contributed by atoms with van der Waals surface area (Å²) in [7, 11) is 0. The number of hydrogen-bond donors (Lipinski definition) is 1.